The summed E-state index contributed by atoms with van der Waals surface area (Å²) in [5.74, 6) is 0. The number of alkyl halides is 1. The number of hydrogen-bond donors (Lipinski definition) is 0. The van der Waals surface area contributed by atoms with Gasteiger partial charge in [-0.25, -0.2) is 8.60 Å². The summed E-state index contributed by atoms with van der Waals surface area (Å²) in [6, 6.07) is 21.4. The van der Waals surface area contributed by atoms with Crippen molar-refractivity contribution in [1.29, 1.82) is 0 Å². The molecule has 0 radical (unpaired) electrons. The van der Waals surface area contributed by atoms with E-state index in [9.17, 15) is 12.6 Å². The number of aryl methyl sites for hydroxylation is 1. The van der Waals surface area contributed by atoms with Crippen LogP contribution in [0.4, 0.5) is 4.39 Å². The van der Waals surface area contributed by atoms with E-state index in [1.807, 2.05) is 6.92 Å². The van der Waals surface area contributed by atoms with Gasteiger partial charge in [0.05, 0.1) is 9.79 Å². The zero-order chi connectivity index (χ0) is 19.5. The van der Waals surface area contributed by atoms with E-state index in [-0.39, 0.29) is 15.4 Å². The van der Waals surface area contributed by atoms with Crippen LogP contribution in [0.5, 0.6) is 0 Å². The highest BCUT2D eigenvalue weighted by Gasteiger charge is 2.30. The molecule has 0 aliphatic rings. The average molecular weight is 404 g/mol. The number of benzene rings is 3. The number of nitrogens with zero attached hydrogens (tertiary/aromatic N) is 1. The molecule has 0 aliphatic heterocycles. The first-order valence-electron chi connectivity index (χ1n) is 8.16. The standard InChI is InChI=1S/C20H18FNO3S2/c1-16-12-14-19(15-13-16)27(24,25)22-26(23,18-10-6-3-7-11-18)20(21)17-8-4-2-5-9-17/h2-15,20H,1H3/t20-,26-/m1/s1. The predicted octanol–water partition coefficient (Wildman–Crippen LogP) is 4.88. The summed E-state index contributed by atoms with van der Waals surface area (Å²) in [7, 11) is -8.27. The van der Waals surface area contributed by atoms with Gasteiger partial charge >= 0.3 is 0 Å². The Hall–Kier alpha value is -2.51. The lowest BCUT2D eigenvalue weighted by atomic mass is 10.2. The molecule has 0 unspecified atom stereocenters. The smallest absolute Gasteiger partial charge is 0.240 e. The summed E-state index contributed by atoms with van der Waals surface area (Å²) in [4.78, 5) is -0.103. The van der Waals surface area contributed by atoms with Crippen LogP contribution >= 0.6 is 0 Å². The maximum Gasteiger partial charge on any atom is 0.290 e. The van der Waals surface area contributed by atoms with Crippen molar-refractivity contribution in [3.05, 3.63) is 96.1 Å². The van der Waals surface area contributed by atoms with Gasteiger partial charge in [0, 0.05) is 0 Å². The van der Waals surface area contributed by atoms with Gasteiger partial charge in [0.2, 0.25) is 5.50 Å². The van der Waals surface area contributed by atoms with Crippen molar-refractivity contribution in [2.75, 3.05) is 0 Å². The number of sulfonamides is 1. The lowest BCUT2D eigenvalue weighted by molar-refractivity contribution is 0.450. The molecule has 3 rings (SSSR count). The van der Waals surface area contributed by atoms with E-state index < -0.39 is 25.3 Å². The Balaban J connectivity index is 2.23. The highest BCUT2D eigenvalue weighted by molar-refractivity contribution is 8.03. The van der Waals surface area contributed by atoms with Crippen molar-refractivity contribution in [2.24, 2.45) is 3.77 Å². The normalized spacial score (nSPS) is 14.9. The van der Waals surface area contributed by atoms with E-state index in [0.29, 0.717) is 0 Å². The fraction of sp³-hybridized carbons (Fsp3) is 0.100. The molecule has 0 N–H and O–H groups in total. The highest BCUT2D eigenvalue weighted by atomic mass is 32.3. The molecule has 2 atom stereocenters. The first kappa shape index (κ1) is 19.3. The molecule has 0 heterocycles. The Labute approximate surface area is 158 Å². The van der Waals surface area contributed by atoms with Crippen LogP contribution in [-0.4, -0.2) is 12.6 Å². The summed E-state index contributed by atoms with van der Waals surface area (Å²) in [6.45, 7) is 1.81. The monoisotopic (exact) mass is 403 g/mol. The molecule has 4 nitrogen and oxygen atoms in total. The number of rotatable bonds is 5. The Morgan fingerprint density at radius 3 is 1.81 bits per heavy atom. The molecule has 140 valence electrons. The Kier molecular flexibility index (Phi) is 5.43. The molecular formula is C20H18FNO3S2. The van der Waals surface area contributed by atoms with Gasteiger partial charge in [-0.05, 0) is 36.8 Å². The van der Waals surface area contributed by atoms with Gasteiger partial charge in [-0.2, -0.15) is 8.42 Å². The van der Waals surface area contributed by atoms with E-state index in [0.717, 1.165) is 5.56 Å². The second-order valence-corrected chi connectivity index (χ2v) is 10.0. The van der Waals surface area contributed by atoms with Crippen molar-refractivity contribution in [1.82, 2.24) is 0 Å². The second-order valence-electron chi connectivity index (χ2n) is 5.97. The Morgan fingerprint density at radius 2 is 1.26 bits per heavy atom. The summed E-state index contributed by atoms with van der Waals surface area (Å²) in [5.41, 5.74) is -1.12. The van der Waals surface area contributed by atoms with Gasteiger partial charge in [-0.1, -0.05) is 70.0 Å². The highest BCUT2D eigenvalue weighted by Crippen LogP contribution is 2.34. The fourth-order valence-corrected chi connectivity index (χ4v) is 6.45. The molecule has 0 fully saturated rings. The maximum absolute atomic E-state index is 15.3. The lowest BCUT2D eigenvalue weighted by Crippen LogP contribution is -2.13. The zero-order valence-corrected chi connectivity index (χ0v) is 16.2. The average Bonchev–Trinajstić information content (AvgIpc) is 2.68. The minimum atomic E-state index is -4.33. The molecule has 0 aliphatic carbocycles. The molecule has 0 aromatic heterocycles. The maximum atomic E-state index is 15.3. The molecule has 3 aromatic carbocycles. The molecule has 0 saturated carbocycles. The van der Waals surface area contributed by atoms with Crippen LogP contribution in [0.25, 0.3) is 0 Å². The van der Waals surface area contributed by atoms with E-state index >= 15 is 4.39 Å². The molecule has 3 aromatic rings. The third-order valence-electron chi connectivity index (χ3n) is 3.95. The van der Waals surface area contributed by atoms with Gasteiger partial charge in [-0.15, -0.1) is 0 Å². The molecule has 0 bridgehead atoms. The molecule has 27 heavy (non-hydrogen) atoms. The predicted molar refractivity (Wildman–Crippen MR) is 104 cm³/mol. The Morgan fingerprint density at radius 1 is 0.741 bits per heavy atom. The van der Waals surface area contributed by atoms with Crippen LogP contribution in [0.1, 0.15) is 16.6 Å². The third-order valence-corrected chi connectivity index (χ3v) is 8.27. The first-order chi connectivity index (χ1) is 12.8. The van der Waals surface area contributed by atoms with E-state index in [1.54, 1.807) is 48.5 Å². The van der Waals surface area contributed by atoms with Gasteiger partial charge in [0.25, 0.3) is 10.0 Å². The zero-order valence-electron chi connectivity index (χ0n) is 14.5. The molecule has 7 heteroatoms. The molecule has 0 spiro atoms. The van der Waals surface area contributed by atoms with Crippen molar-refractivity contribution in [3.63, 3.8) is 0 Å². The van der Waals surface area contributed by atoms with E-state index in [2.05, 4.69) is 3.77 Å². The van der Waals surface area contributed by atoms with Gasteiger partial charge < -0.3 is 0 Å². The van der Waals surface area contributed by atoms with Crippen molar-refractivity contribution in [2.45, 2.75) is 22.2 Å². The number of hydrogen-bond acceptors (Lipinski definition) is 3. The van der Waals surface area contributed by atoms with Crippen molar-refractivity contribution in [3.8, 4) is 0 Å². The number of halogens is 1. The van der Waals surface area contributed by atoms with Crippen LogP contribution in [0.15, 0.2) is 98.5 Å². The largest absolute Gasteiger partial charge is 0.290 e. The fourth-order valence-electron chi connectivity index (χ4n) is 2.50. The van der Waals surface area contributed by atoms with Crippen LogP contribution in [0.3, 0.4) is 0 Å². The minimum absolute atomic E-state index is 0.0250. The van der Waals surface area contributed by atoms with Crippen LogP contribution in [-0.2, 0) is 19.8 Å². The van der Waals surface area contributed by atoms with Crippen molar-refractivity contribution >= 4 is 19.8 Å². The van der Waals surface area contributed by atoms with Crippen LogP contribution in [0.2, 0.25) is 0 Å². The Bertz CT molecular complexity index is 1140. The first-order valence-corrected chi connectivity index (χ1v) is 11.2. The SMILES string of the molecule is Cc1ccc(S(=O)(=O)N=[S@@](=O)(c2ccccc2)[C@@H](F)c2ccccc2)cc1. The molecule has 0 saturated heterocycles. The van der Waals surface area contributed by atoms with Crippen molar-refractivity contribution < 1.29 is 17.0 Å². The van der Waals surface area contributed by atoms with Gasteiger partial charge in [0.1, 0.15) is 9.73 Å². The summed E-state index contributed by atoms with van der Waals surface area (Å²) in [5, 5.41) is 0. The topological polar surface area (TPSA) is 63.6 Å². The molecular weight excluding hydrogens is 385 g/mol. The summed E-state index contributed by atoms with van der Waals surface area (Å²) >= 11 is 0. The van der Waals surface area contributed by atoms with E-state index in [1.165, 1.54) is 36.4 Å². The van der Waals surface area contributed by atoms with E-state index in [4.69, 9.17) is 0 Å². The lowest BCUT2D eigenvalue weighted by Gasteiger charge is -2.15. The van der Waals surface area contributed by atoms with Crippen LogP contribution in [0, 0.1) is 6.92 Å². The van der Waals surface area contributed by atoms with Gasteiger partial charge in [0.15, 0.2) is 0 Å². The summed E-state index contributed by atoms with van der Waals surface area (Å²) < 4.78 is 58.1. The second kappa shape index (κ2) is 7.62. The third kappa shape index (κ3) is 4.09. The molecule has 0 amide bonds. The minimum Gasteiger partial charge on any atom is -0.240 e. The quantitative estimate of drug-likeness (QED) is 0.610. The van der Waals surface area contributed by atoms with Crippen LogP contribution < -0.4 is 0 Å². The summed E-state index contributed by atoms with van der Waals surface area (Å²) in [6.07, 6.45) is 0. The van der Waals surface area contributed by atoms with Gasteiger partial charge in [-0.3, -0.25) is 0 Å².